The fourth-order valence-corrected chi connectivity index (χ4v) is 3.35. The van der Waals surface area contributed by atoms with Gasteiger partial charge in [-0.05, 0) is 42.6 Å². The number of hydrogen-bond donors (Lipinski definition) is 2. The van der Waals surface area contributed by atoms with E-state index in [0.29, 0.717) is 13.1 Å². The predicted molar refractivity (Wildman–Crippen MR) is 96.1 cm³/mol. The van der Waals surface area contributed by atoms with Gasteiger partial charge in [-0.2, -0.15) is 0 Å². The van der Waals surface area contributed by atoms with E-state index in [0.717, 1.165) is 22.9 Å². The summed E-state index contributed by atoms with van der Waals surface area (Å²) in [6.07, 6.45) is 1.67. The molecule has 0 spiro atoms. The Labute approximate surface area is 145 Å². The van der Waals surface area contributed by atoms with E-state index in [1.54, 1.807) is 17.6 Å². The molecule has 3 aromatic rings. The smallest absolute Gasteiger partial charge is 0.279 e. The standard InChI is InChI=1S/C19H20N2O2S/c1-15-6-8-16(9-7-15)20-19(22)14-21(12-17-4-2-10-23-17)13-18-5-3-11-24-18/h2-11H,12-14H2,1H3,(H,20,22)/p+1. The van der Waals surface area contributed by atoms with Crippen LogP contribution in [0.25, 0.3) is 0 Å². The van der Waals surface area contributed by atoms with Crippen molar-refractivity contribution < 1.29 is 14.1 Å². The Morgan fingerprint density at radius 1 is 1.12 bits per heavy atom. The van der Waals surface area contributed by atoms with Gasteiger partial charge in [-0.1, -0.05) is 23.8 Å². The van der Waals surface area contributed by atoms with Crippen molar-refractivity contribution in [2.75, 3.05) is 11.9 Å². The Balaban J connectivity index is 1.63. The predicted octanol–water partition coefficient (Wildman–Crippen LogP) is 2.87. The van der Waals surface area contributed by atoms with Crippen LogP contribution >= 0.6 is 11.3 Å². The van der Waals surface area contributed by atoms with Gasteiger partial charge in [0.2, 0.25) is 0 Å². The van der Waals surface area contributed by atoms with E-state index < -0.39 is 0 Å². The molecule has 24 heavy (non-hydrogen) atoms. The van der Waals surface area contributed by atoms with Crippen molar-refractivity contribution in [2.45, 2.75) is 20.0 Å². The van der Waals surface area contributed by atoms with Crippen molar-refractivity contribution in [2.24, 2.45) is 0 Å². The van der Waals surface area contributed by atoms with Gasteiger partial charge in [-0.15, -0.1) is 11.3 Å². The molecule has 1 aromatic carbocycles. The van der Waals surface area contributed by atoms with E-state index in [1.165, 1.54) is 10.4 Å². The summed E-state index contributed by atoms with van der Waals surface area (Å²) < 4.78 is 5.45. The lowest BCUT2D eigenvalue weighted by molar-refractivity contribution is -0.920. The topological polar surface area (TPSA) is 46.7 Å². The number of thiophene rings is 1. The molecule has 0 aliphatic heterocycles. The van der Waals surface area contributed by atoms with E-state index in [9.17, 15) is 4.79 Å². The maximum atomic E-state index is 12.4. The molecule has 2 aromatic heterocycles. The highest BCUT2D eigenvalue weighted by atomic mass is 32.1. The van der Waals surface area contributed by atoms with Gasteiger partial charge in [-0.25, -0.2) is 0 Å². The number of quaternary nitrogens is 1. The van der Waals surface area contributed by atoms with Crippen LogP contribution in [0.4, 0.5) is 5.69 Å². The number of rotatable bonds is 7. The molecule has 5 heteroatoms. The molecule has 2 N–H and O–H groups in total. The largest absolute Gasteiger partial charge is 0.463 e. The number of nitrogens with one attached hydrogen (secondary N) is 2. The Kier molecular flexibility index (Phi) is 5.46. The Morgan fingerprint density at radius 2 is 1.96 bits per heavy atom. The first-order valence-corrected chi connectivity index (χ1v) is 8.82. The lowest BCUT2D eigenvalue weighted by atomic mass is 10.2. The second kappa shape index (κ2) is 7.95. The van der Waals surface area contributed by atoms with E-state index in [-0.39, 0.29) is 5.91 Å². The molecule has 0 saturated carbocycles. The van der Waals surface area contributed by atoms with Gasteiger partial charge in [0, 0.05) is 5.69 Å². The minimum absolute atomic E-state index is 0.0111. The zero-order valence-electron chi connectivity index (χ0n) is 13.6. The van der Waals surface area contributed by atoms with Crippen molar-refractivity contribution in [1.82, 2.24) is 0 Å². The van der Waals surface area contributed by atoms with Gasteiger partial charge < -0.3 is 14.6 Å². The zero-order chi connectivity index (χ0) is 16.8. The summed E-state index contributed by atoms with van der Waals surface area (Å²) in [6, 6.07) is 15.8. The molecule has 0 aliphatic rings. The Hall–Kier alpha value is -2.37. The van der Waals surface area contributed by atoms with Crippen molar-refractivity contribution in [3.05, 3.63) is 76.4 Å². The molecule has 0 radical (unpaired) electrons. The third kappa shape index (κ3) is 4.81. The van der Waals surface area contributed by atoms with Crippen LogP contribution in [0.1, 0.15) is 16.2 Å². The fraction of sp³-hybridized carbons (Fsp3) is 0.211. The normalized spacial score (nSPS) is 12.0. The summed E-state index contributed by atoms with van der Waals surface area (Å²) in [6.45, 7) is 3.92. The number of carbonyl (C=O) groups excluding carboxylic acids is 1. The molecule has 0 bridgehead atoms. The van der Waals surface area contributed by atoms with Crippen LogP contribution in [-0.4, -0.2) is 12.5 Å². The van der Waals surface area contributed by atoms with Gasteiger partial charge in [0.25, 0.3) is 5.91 Å². The first kappa shape index (κ1) is 16.5. The number of amides is 1. The third-order valence-corrected chi connectivity index (χ3v) is 4.63. The van der Waals surface area contributed by atoms with Crippen LogP contribution in [0.2, 0.25) is 0 Å². The molecule has 1 unspecified atom stereocenters. The summed E-state index contributed by atoms with van der Waals surface area (Å²) in [4.78, 5) is 14.8. The lowest BCUT2D eigenvalue weighted by Crippen LogP contribution is -3.10. The van der Waals surface area contributed by atoms with Crippen molar-refractivity contribution in [3.8, 4) is 0 Å². The van der Waals surface area contributed by atoms with Crippen LogP contribution in [0.3, 0.4) is 0 Å². The minimum Gasteiger partial charge on any atom is -0.463 e. The minimum atomic E-state index is 0.0111. The van der Waals surface area contributed by atoms with Crippen LogP contribution in [0.15, 0.2) is 64.6 Å². The molecule has 0 fully saturated rings. The van der Waals surface area contributed by atoms with Crippen LogP contribution in [-0.2, 0) is 17.9 Å². The van der Waals surface area contributed by atoms with Gasteiger partial charge in [0.05, 0.1) is 11.1 Å². The van der Waals surface area contributed by atoms with Crippen LogP contribution < -0.4 is 10.2 Å². The van der Waals surface area contributed by atoms with Crippen molar-refractivity contribution in [1.29, 1.82) is 0 Å². The Morgan fingerprint density at radius 3 is 2.62 bits per heavy atom. The highest BCUT2D eigenvalue weighted by molar-refractivity contribution is 7.09. The number of benzene rings is 1. The molecule has 124 valence electrons. The quantitative estimate of drug-likeness (QED) is 0.694. The number of aryl methyl sites for hydroxylation is 1. The summed E-state index contributed by atoms with van der Waals surface area (Å²) in [5.41, 5.74) is 2.01. The molecule has 3 rings (SSSR count). The van der Waals surface area contributed by atoms with E-state index in [1.807, 2.05) is 49.4 Å². The van der Waals surface area contributed by atoms with E-state index >= 15 is 0 Å². The molecule has 0 saturated heterocycles. The van der Waals surface area contributed by atoms with Crippen LogP contribution in [0.5, 0.6) is 0 Å². The van der Waals surface area contributed by atoms with Gasteiger partial charge in [-0.3, -0.25) is 4.79 Å². The molecule has 4 nitrogen and oxygen atoms in total. The third-order valence-electron chi connectivity index (χ3n) is 3.75. The van der Waals surface area contributed by atoms with Crippen molar-refractivity contribution in [3.63, 3.8) is 0 Å². The van der Waals surface area contributed by atoms with Gasteiger partial charge >= 0.3 is 0 Å². The fourth-order valence-electron chi connectivity index (χ4n) is 2.58. The molecule has 1 amide bonds. The molecule has 2 heterocycles. The molecule has 0 aliphatic carbocycles. The first-order valence-electron chi connectivity index (χ1n) is 7.94. The second-order valence-electron chi connectivity index (χ2n) is 5.85. The lowest BCUT2D eigenvalue weighted by Gasteiger charge is -2.17. The monoisotopic (exact) mass is 341 g/mol. The van der Waals surface area contributed by atoms with Crippen LogP contribution in [0, 0.1) is 6.92 Å². The van der Waals surface area contributed by atoms with E-state index in [2.05, 4.69) is 16.8 Å². The average Bonchev–Trinajstić information content (AvgIpc) is 3.23. The van der Waals surface area contributed by atoms with E-state index in [4.69, 9.17) is 4.42 Å². The second-order valence-corrected chi connectivity index (χ2v) is 6.89. The first-order chi connectivity index (χ1) is 11.7. The highest BCUT2D eigenvalue weighted by Gasteiger charge is 2.17. The maximum absolute atomic E-state index is 12.4. The Bertz CT molecular complexity index is 713. The summed E-state index contributed by atoms with van der Waals surface area (Å²) >= 11 is 1.71. The molecular weight excluding hydrogens is 320 g/mol. The molecular formula is C19H21N2O2S+. The summed E-state index contributed by atoms with van der Waals surface area (Å²) in [7, 11) is 0. The SMILES string of the molecule is Cc1ccc(NC(=O)C[NH+](Cc2ccco2)Cc2cccs2)cc1. The summed E-state index contributed by atoms with van der Waals surface area (Å²) in [5, 5.41) is 5.03. The maximum Gasteiger partial charge on any atom is 0.279 e. The summed E-state index contributed by atoms with van der Waals surface area (Å²) in [5.74, 6) is 0.904. The van der Waals surface area contributed by atoms with Gasteiger partial charge in [0.15, 0.2) is 12.3 Å². The average molecular weight is 341 g/mol. The number of furan rings is 1. The van der Waals surface area contributed by atoms with Crippen molar-refractivity contribution >= 4 is 22.9 Å². The number of hydrogen-bond acceptors (Lipinski definition) is 3. The van der Waals surface area contributed by atoms with Gasteiger partial charge in [0.1, 0.15) is 13.1 Å². The zero-order valence-corrected chi connectivity index (χ0v) is 14.4. The molecule has 1 atom stereocenters. The highest BCUT2D eigenvalue weighted by Crippen LogP contribution is 2.09. The number of anilines is 1. The number of carbonyl (C=O) groups is 1.